The molecule has 0 aliphatic rings. The number of fused-ring (bicyclic) bond motifs is 1. The lowest BCUT2D eigenvalue weighted by atomic mass is 10.1. The van der Waals surface area contributed by atoms with Crippen LogP contribution in [-0.2, 0) is 11.3 Å². The Morgan fingerprint density at radius 1 is 1.46 bits per heavy atom. The fourth-order valence-electron chi connectivity index (χ4n) is 2.46. The molecule has 0 fully saturated rings. The molecule has 0 aliphatic heterocycles. The Kier molecular flexibility index (Phi) is 4.88. The summed E-state index contributed by atoms with van der Waals surface area (Å²) >= 11 is 6.60. The maximum atomic E-state index is 13.0. The molecule has 0 aromatic carbocycles. The van der Waals surface area contributed by atoms with Crippen LogP contribution in [0, 0.1) is 6.92 Å². The Morgan fingerprint density at radius 2 is 2.19 bits per heavy atom. The smallest absolute Gasteiger partial charge is 0.280 e. The number of nitrogens with two attached hydrogens (primary N) is 1. The van der Waals surface area contributed by atoms with Gasteiger partial charge in [0.2, 0.25) is 5.91 Å². The van der Waals surface area contributed by atoms with Crippen LogP contribution in [0.1, 0.15) is 27.4 Å². The molecule has 3 rings (SSSR count). The molecule has 26 heavy (non-hydrogen) atoms. The average molecular weight is 400 g/mol. The number of hydrogen-bond acceptors (Lipinski definition) is 5. The Balaban J connectivity index is 2.01. The lowest BCUT2D eigenvalue weighted by Gasteiger charge is -2.08. The number of halogens is 3. The number of hydrogen-bond donors (Lipinski definition) is 2. The lowest BCUT2D eigenvalue weighted by molar-refractivity contribution is -0.116. The fraction of sp³-hybridized carbons (Fsp3) is 0.200. The summed E-state index contributed by atoms with van der Waals surface area (Å²) in [6, 6.07) is 1.22. The summed E-state index contributed by atoms with van der Waals surface area (Å²) in [5, 5.41) is 7.27. The highest BCUT2D eigenvalue weighted by Crippen LogP contribution is 2.38. The highest BCUT2D eigenvalue weighted by molar-refractivity contribution is 7.21. The zero-order valence-electron chi connectivity index (χ0n) is 13.3. The first-order valence-electron chi connectivity index (χ1n) is 7.26. The van der Waals surface area contributed by atoms with E-state index >= 15 is 0 Å². The molecular weight excluding hydrogens is 388 g/mol. The number of anilines is 1. The highest BCUT2D eigenvalue weighted by Gasteiger charge is 2.23. The fourth-order valence-corrected chi connectivity index (χ4v) is 3.68. The first kappa shape index (κ1) is 18.2. The van der Waals surface area contributed by atoms with Crippen molar-refractivity contribution in [2.75, 3.05) is 5.32 Å². The van der Waals surface area contributed by atoms with Gasteiger partial charge in [-0.1, -0.05) is 11.6 Å². The number of amides is 2. The second-order valence-electron chi connectivity index (χ2n) is 5.42. The van der Waals surface area contributed by atoms with Gasteiger partial charge in [-0.05, 0) is 18.6 Å². The molecule has 0 aliphatic carbocycles. The van der Waals surface area contributed by atoms with E-state index in [-0.39, 0.29) is 21.9 Å². The molecule has 0 atom stereocenters. The molecule has 136 valence electrons. The predicted molar refractivity (Wildman–Crippen MR) is 93.7 cm³/mol. The molecule has 0 radical (unpaired) electrons. The van der Waals surface area contributed by atoms with Gasteiger partial charge in [0.05, 0.1) is 16.9 Å². The number of carbonyl (C=O) groups excluding carboxylic acids is 2. The second kappa shape index (κ2) is 6.96. The summed E-state index contributed by atoms with van der Waals surface area (Å²) in [5.74, 6) is -1.27. The quantitative estimate of drug-likeness (QED) is 0.687. The first-order valence-corrected chi connectivity index (χ1v) is 8.45. The van der Waals surface area contributed by atoms with E-state index in [2.05, 4.69) is 15.4 Å². The number of nitrogens with zero attached hydrogens (tertiary/aromatic N) is 3. The summed E-state index contributed by atoms with van der Waals surface area (Å²) in [7, 11) is 0. The van der Waals surface area contributed by atoms with E-state index in [1.807, 2.05) is 0 Å². The third-order valence-electron chi connectivity index (χ3n) is 3.50. The van der Waals surface area contributed by atoms with Gasteiger partial charge in [0.1, 0.15) is 21.9 Å². The number of aromatic nitrogens is 3. The molecule has 7 nitrogen and oxygen atoms in total. The van der Waals surface area contributed by atoms with E-state index in [9.17, 15) is 18.4 Å². The van der Waals surface area contributed by atoms with Gasteiger partial charge < -0.3 is 11.1 Å². The molecule has 0 bridgehead atoms. The zero-order chi connectivity index (χ0) is 19.0. The molecule has 3 aromatic heterocycles. The summed E-state index contributed by atoms with van der Waals surface area (Å²) in [4.78, 5) is 28.1. The largest absolute Gasteiger partial charge is 0.365 e. The number of pyridine rings is 1. The third-order valence-corrected chi connectivity index (χ3v) is 4.79. The average Bonchev–Trinajstić information content (AvgIpc) is 3.11. The summed E-state index contributed by atoms with van der Waals surface area (Å²) < 4.78 is 27.2. The minimum Gasteiger partial charge on any atom is -0.365 e. The van der Waals surface area contributed by atoms with Gasteiger partial charge in [-0.3, -0.25) is 14.3 Å². The third kappa shape index (κ3) is 3.51. The van der Waals surface area contributed by atoms with Crippen LogP contribution in [0.2, 0.25) is 5.02 Å². The maximum Gasteiger partial charge on any atom is 0.280 e. The normalized spacial score (nSPS) is 11.3. The molecule has 3 N–H and O–H groups in total. The number of alkyl halides is 2. The van der Waals surface area contributed by atoms with Crippen LogP contribution in [0.15, 0.2) is 18.5 Å². The van der Waals surface area contributed by atoms with Gasteiger partial charge in [0.25, 0.3) is 12.3 Å². The van der Waals surface area contributed by atoms with E-state index in [1.165, 1.54) is 23.1 Å². The molecule has 3 aromatic rings. The minimum atomic E-state index is -2.75. The van der Waals surface area contributed by atoms with Gasteiger partial charge >= 0.3 is 0 Å². The van der Waals surface area contributed by atoms with Crippen molar-refractivity contribution in [3.63, 3.8) is 0 Å². The van der Waals surface area contributed by atoms with Crippen LogP contribution >= 0.6 is 22.9 Å². The number of thiophene rings is 1. The second-order valence-corrected chi connectivity index (χ2v) is 6.86. The molecule has 2 amide bonds. The Morgan fingerprint density at radius 3 is 2.77 bits per heavy atom. The van der Waals surface area contributed by atoms with Crippen LogP contribution in [0.4, 0.5) is 14.5 Å². The van der Waals surface area contributed by atoms with Crippen molar-refractivity contribution in [1.29, 1.82) is 0 Å². The van der Waals surface area contributed by atoms with E-state index in [1.54, 1.807) is 6.92 Å². The van der Waals surface area contributed by atoms with Crippen LogP contribution < -0.4 is 11.1 Å². The number of nitrogens with one attached hydrogen (secondary N) is 1. The molecule has 3 heterocycles. The maximum absolute atomic E-state index is 13.0. The predicted octanol–water partition coefficient (Wildman–Crippen LogP) is 3.13. The van der Waals surface area contributed by atoms with Crippen LogP contribution in [-0.4, -0.2) is 26.6 Å². The molecule has 0 spiro atoms. The van der Waals surface area contributed by atoms with Crippen LogP contribution in [0.25, 0.3) is 10.2 Å². The van der Waals surface area contributed by atoms with Gasteiger partial charge in [-0.25, -0.2) is 13.8 Å². The SMILES string of the molecule is Cc1cc(C(F)F)nc2sc(C(N)=O)c(NC(=O)Cn3cc(Cl)cn3)c12. The Hall–Kier alpha value is -2.59. The number of carbonyl (C=O) groups is 2. The van der Waals surface area contributed by atoms with Crippen molar-refractivity contribution in [2.45, 2.75) is 19.9 Å². The van der Waals surface area contributed by atoms with Gasteiger partial charge in [-0.15, -0.1) is 11.3 Å². The molecule has 0 unspecified atom stereocenters. The van der Waals surface area contributed by atoms with E-state index in [0.29, 0.717) is 16.0 Å². The molecule has 0 saturated carbocycles. The van der Waals surface area contributed by atoms with Crippen molar-refractivity contribution in [3.05, 3.63) is 39.6 Å². The standard InChI is InChI=1S/C15H12ClF2N5O2S/c1-6-2-8(13(17)18)21-15-10(6)11(12(26-15)14(19)25)22-9(24)5-23-4-7(16)3-20-23/h2-4,13H,5H2,1H3,(H2,19,25)(H,22,24). The molecule has 0 saturated heterocycles. The summed E-state index contributed by atoms with van der Waals surface area (Å²) in [6.07, 6.45) is 0.0903. The van der Waals surface area contributed by atoms with Crippen molar-refractivity contribution >= 4 is 50.7 Å². The van der Waals surface area contributed by atoms with Crippen LogP contribution in [0.5, 0.6) is 0 Å². The van der Waals surface area contributed by atoms with E-state index < -0.39 is 23.9 Å². The van der Waals surface area contributed by atoms with E-state index in [4.69, 9.17) is 17.3 Å². The van der Waals surface area contributed by atoms with Crippen molar-refractivity contribution in [2.24, 2.45) is 5.73 Å². The minimum absolute atomic E-state index is 0.0360. The number of rotatable bonds is 5. The molecular formula is C15H12ClF2N5O2S. The Labute approximate surface area is 154 Å². The first-order chi connectivity index (χ1) is 12.3. The van der Waals surface area contributed by atoms with Crippen molar-refractivity contribution in [3.8, 4) is 0 Å². The number of primary amides is 1. The summed E-state index contributed by atoms with van der Waals surface area (Å²) in [5.41, 5.74) is 5.57. The Bertz CT molecular complexity index is 1020. The highest BCUT2D eigenvalue weighted by atomic mass is 35.5. The van der Waals surface area contributed by atoms with Gasteiger partial charge in [-0.2, -0.15) is 5.10 Å². The van der Waals surface area contributed by atoms with E-state index in [0.717, 1.165) is 11.3 Å². The topological polar surface area (TPSA) is 103 Å². The monoisotopic (exact) mass is 399 g/mol. The molecule has 11 heteroatoms. The summed E-state index contributed by atoms with van der Waals surface area (Å²) in [6.45, 7) is 1.44. The van der Waals surface area contributed by atoms with Crippen molar-refractivity contribution in [1.82, 2.24) is 14.8 Å². The number of aryl methyl sites for hydroxylation is 1. The van der Waals surface area contributed by atoms with Crippen LogP contribution in [0.3, 0.4) is 0 Å². The lowest BCUT2D eigenvalue weighted by Crippen LogP contribution is -2.21. The van der Waals surface area contributed by atoms with Gasteiger partial charge in [0, 0.05) is 11.6 Å². The zero-order valence-corrected chi connectivity index (χ0v) is 14.9. The van der Waals surface area contributed by atoms with Gasteiger partial charge in [0.15, 0.2) is 0 Å². The van der Waals surface area contributed by atoms with Crippen molar-refractivity contribution < 1.29 is 18.4 Å².